The van der Waals surface area contributed by atoms with Crippen molar-refractivity contribution in [3.63, 3.8) is 0 Å². The van der Waals surface area contributed by atoms with Crippen LogP contribution >= 0.6 is 23.4 Å². The summed E-state index contributed by atoms with van der Waals surface area (Å²) in [4.78, 5) is 4.82. The van der Waals surface area contributed by atoms with Gasteiger partial charge in [-0.05, 0) is 48.0 Å². The van der Waals surface area contributed by atoms with Gasteiger partial charge >= 0.3 is 0 Å². The Kier molecular flexibility index (Phi) is 5.13. The molecule has 2 heterocycles. The fraction of sp³-hybridized carbons (Fsp3) is 0.263. The summed E-state index contributed by atoms with van der Waals surface area (Å²) in [7, 11) is 0. The number of rotatable bonds is 6. The summed E-state index contributed by atoms with van der Waals surface area (Å²) in [5, 5.41) is 13.5. The molecule has 0 fully saturated rings. The molecule has 0 aliphatic heterocycles. The minimum Gasteiger partial charge on any atom is -0.323 e. The minimum absolute atomic E-state index is 0.212. The standard InChI is InChI=1S/C19H19ClN6S/c1-13(2)26-19(22-23-24-26)27-12-18-21-16-10-15(20)8-9-17(16)25(18)11-14-6-4-3-5-7-14/h3-10,13H,11-12H2,1-2H3. The monoisotopic (exact) mass is 398 g/mol. The molecule has 0 radical (unpaired) electrons. The summed E-state index contributed by atoms with van der Waals surface area (Å²) < 4.78 is 4.06. The van der Waals surface area contributed by atoms with E-state index in [1.165, 1.54) is 5.56 Å². The Morgan fingerprint density at radius 1 is 1.11 bits per heavy atom. The molecule has 2 aromatic carbocycles. The fourth-order valence-corrected chi connectivity index (χ4v) is 4.06. The van der Waals surface area contributed by atoms with Crippen molar-refractivity contribution in [1.82, 2.24) is 29.8 Å². The summed E-state index contributed by atoms with van der Waals surface area (Å²) in [5.74, 6) is 1.64. The molecular formula is C19H19ClN6S. The van der Waals surface area contributed by atoms with Gasteiger partial charge in [0.25, 0.3) is 0 Å². The summed E-state index contributed by atoms with van der Waals surface area (Å²) in [5.41, 5.74) is 3.20. The third kappa shape index (κ3) is 3.84. The lowest BCUT2D eigenvalue weighted by atomic mass is 10.2. The lowest BCUT2D eigenvalue weighted by Gasteiger charge is -2.10. The van der Waals surface area contributed by atoms with Gasteiger partial charge < -0.3 is 4.57 Å². The SMILES string of the molecule is CC(C)n1nnnc1SCc1nc2cc(Cl)ccc2n1Cc1ccccc1. The molecule has 2 aromatic heterocycles. The molecule has 0 bridgehead atoms. The smallest absolute Gasteiger partial charge is 0.209 e. The van der Waals surface area contributed by atoms with Crippen molar-refractivity contribution in [3.8, 4) is 0 Å². The second kappa shape index (κ2) is 7.70. The molecule has 0 unspecified atom stereocenters. The number of fused-ring (bicyclic) bond motifs is 1. The van der Waals surface area contributed by atoms with Crippen molar-refractivity contribution in [2.45, 2.75) is 37.3 Å². The number of aromatic nitrogens is 6. The highest BCUT2D eigenvalue weighted by atomic mass is 35.5. The number of hydrogen-bond donors (Lipinski definition) is 0. The second-order valence-electron chi connectivity index (χ2n) is 6.52. The quantitative estimate of drug-likeness (QED) is 0.444. The summed E-state index contributed by atoms with van der Waals surface area (Å²) in [6.45, 7) is 4.88. The number of imidazole rings is 1. The van der Waals surface area contributed by atoms with Crippen LogP contribution in [0.15, 0.2) is 53.7 Å². The molecule has 0 spiro atoms. The van der Waals surface area contributed by atoms with Gasteiger partial charge in [0, 0.05) is 11.6 Å². The highest BCUT2D eigenvalue weighted by Crippen LogP contribution is 2.27. The molecule has 0 saturated heterocycles. The zero-order chi connectivity index (χ0) is 18.8. The molecule has 138 valence electrons. The van der Waals surface area contributed by atoms with Crippen LogP contribution in [0.5, 0.6) is 0 Å². The van der Waals surface area contributed by atoms with E-state index in [-0.39, 0.29) is 6.04 Å². The normalized spacial score (nSPS) is 11.6. The van der Waals surface area contributed by atoms with Gasteiger partial charge in [0.05, 0.1) is 22.8 Å². The van der Waals surface area contributed by atoms with Gasteiger partial charge in [-0.3, -0.25) is 0 Å². The van der Waals surface area contributed by atoms with E-state index < -0.39 is 0 Å². The van der Waals surface area contributed by atoms with Gasteiger partial charge in [-0.1, -0.05) is 53.7 Å². The van der Waals surface area contributed by atoms with Gasteiger partial charge in [-0.2, -0.15) is 0 Å². The van der Waals surface area contributed by atoms with Crippen molar-refractivity contribution in [1.29, 1.82) is 0 Å². The molecule has 6 nitrogen and oxygen atoms in total. The van der Waals surface area contributed by atoms with Crippen molar-refractivity contribution in [2.75, 3.05) is 0 Å². The Hall–Kier alpha value is -2.38. The highest BCUT2D eigenvalue weighted by molar-refractivity contribution is 7.98. The molecule has 4 rings (SSSR count). The predicted molar refractivity (Wildman–Crippen MR) is 108 cm³/mol. The molecule has 0 atom stereocenters. The van der Waals surface area contributed by atoms with Crippen LogP contribution in [0.3, 0.4) is 0 Å². The van der Waals surface area contributed by atoms with E-state index in [0.29, 0.717) is 10.8 Å². The van der Waals surface area contributed by atoms with E-state index in [0.717, 1.165) is 28.6 Å². The molecule has 0 amide bonds. The van der Waals surface area contributed by atoms with Crippen molar-refractivity contribution in [2.24, 2.45) is 0 Å². The van der Waals surface area contributed by atoms with Crippen molar-refractivity contribution in [3.05, 3.63) is 64.9 Å². The first-order chi connectivity index (χ1) is 13.1. The average molecular weight is 399 g/mol. The minimum atomic E-state index is 0.212. The van der Waals surface area contributed by atoms with Crippen LogP contribution in [-0.4, -0.2) is 29.8 Å². The number of thioether (sulfide) groups is 1. The van der Waals surface area contributed by atoms with Crippen molar-refractivity contribution < 1.29 is 0 Å². The summed E-state index contributed by atoms with van der Waals surface area (Å²) >= 11 is 7.76. The first-order valence-corrected chi connectivity index (χ1v) is 10.1. The van der Waals surface area contributed by atoms with Crippen LogP contribution in [0.2, 0.25) is 5.02 Å². The lowest BCUT2D eigenvalue weighted by Crippen LogP contribution is -2.07. The van der Waals surface area contributed by atoms with Crippen LogP contribution in [-0.2, 0) is 12.3 Å². The van der Waals surface area contributed by atoms with Crippen molar-refractivity contribution >= 4 is 34.4 Å². The third-order valence-electron chi connectivity index (χ3n) is 4.25. The number of benzene rings is 2. The van der Waals surface area contributed by atoms with Gasteiger partial charge in [0.2, 0.25) is 5.16 Å². The van der Waals surface area contributed by atoms with Crippen LogP contribution in [0.4, 0.5) is 0 Å². The van der Waals surface area contributed by atoms with Gasteiger partial charge in [-0.15, -0.1) is 5.10 Å². The number of hydrogen-bond acceptors (Lipinski definition) is 5. The number of halogens is 1. The van der Waals surface area contributed by atoms with Gasteiger partial charge in [0.1, 0.15) is 5.82 Å². The van der Waals surface area contributed by atoms with E-state index in [2.05, 4.69) is 58.2 Å². The van der Waals surface area contributed by atoms with E-state index >= 15 is 0 Å². The topological polar surface area (TPSA) is 61.4 Å². The highest BCUT2D eigenvalue weighted by Gasteiger charge is 2.15. The molecule has 4 aromatic rings. The molecular weight excluding hydrogens is 380 g/mol. The summed E-state index contributed by atoms with van der Waals surface area (Å²) in [6.07, 6.45) is 0. The van der Waals surface area contributed by atoms with E-state index in [4.69, 9.17) is 16.6 Å². The van der Waals surface area contributed by atoms with E-state index in [1.54, 1.807) is 11.8 Å². The maximum Gasteiger partial charge on any atom is 0.209 e. The van der Waals surface area contributed by atoms with Gasteiger partial charge in [0.15, 0.2) is 0 Å². The first-order valence-electron chi connectivity index (χ1n) is 8.71. The maximum absolute atomic E-state index is 6.17. The van der Waals surface area contributed by atoms with E-state index in [9.17, 15) is 0 Å². The fourth-order valence-electron chi connectivity index (χ4n) is 2.94. The zero-order valence-electron chi connectivity index (χ0n) is 15.1. The largest absolute Gasteiger partial charge is 0.323 e. The summed E-state index contributed by atoms with van der Waals surface area (Å²) in [6, 6.07) is 16.4. The number of nitrogens with zero attached hydrogens (tertiary/aromatic N) is 6. The Morgan fingerprint density at radius 2 is 1.93 bits per heavy atom. The van der Waals surface area contributed by atoms with Gasteiger partial charge in [-0.25, -0.2) is 9.67 Å². The second-order valence-corrected chi connectivity index (χ2v) is 7.90. The average Bonchev–Trinajstić information content (AvgIpc) is 3.25. The molecule has 0 saturated carbocycles. The van der Waals surface area contributed by atoms with Crippen LogP contribution < -0.4 is 0 Å². The molecule has 0 aliphatic carbocycles. The van der Waals surface area contributed by atoms with Crippen LogP contribution in [0.25, 0.3) is 11.0 Å². The maximum atomic E-state index is 6.17. The zero-order valence-corrected chi connectivity index (χ0v) is 16.7. The predicted octanol–water partition coefficient (Wildman–Crippen LogP) is 4.60. The Morgan fingerprint density at radius 3 is 2.70 bits per heavy atom. The Bertz CT molecular complexity index is 1060. The number of tetrazole rings is 1. The third-order valence-corrected chi connectivity index (χ3v) is 5.42. The lowest BCUT2D eigenvalue weighted by molar-refractivity contribution is 0.477. The molecule has 0 aliphatic rings. The molecule has 8 heteroatoms. The molecule has 27 heavy (non-hydrogen) atoms. The molecule has 0 N–H and O–H groups in total. The Labute approximate surface area is 166 Å². The Balaban J connectivity index is 1.68. The van der Waals surface area contributed by atoms with Crippen LogP contribution in [0.1, 0.15) is 31.3 Å². The van der Waals surface area contributed by atoms with E-state index in [1.807, 2.05) is 28.9 Å². The first kappa shape index (κ1) is 18.0. The van der Waals surface area contributed by atoms with Crippen LogP contribution in [0, 0.1) is 0 Å².